The lowest BCUT2D eigenvalue weighted by Gasteiger charge is -2.18. The van der Waals surface area contributed by atoms with E-state index in [1.165, 1.54) is 0 Å². The molecule has 0 amide bonds. The van der Waals surface area contributed by atoms with Crippen molar-refractivity contribution < 1.29 is 9.53 Å². The van der Waals surface area contributed by atoms with Crippen molar-refractivity contribution in [1.29, 1.82) is 0 Å². The third kappa shape index (κ3) is 2.50. The maximum atomic E-state index is 11.2. The maximum absolute atomic E-state index is 11.2. The summed E-state index contributed by atoms with van der Waals surface area (Å²) in [6.07, 6.45) is 2.91. The molecule has 0 spiro atoms. The van der Waals surface area contributed by atoms with Crippen molar-refractivity contribution in [1.82, 2.24) is 0 Å². The van der Waals surface area contributed by atoms with Gasteiger partial charge in [-0.05, 0) is 24.7 Å². The Kier molecular flexibility index (Phi) is 3.12. The molecule has 0 radical (unpaired) electrons. The van der Waals surface area contributed by atoms with E-state index in [1.807, 2.05) is 0 Å². The third-order valence-electron chi connectivity index (χ3n) is 2.49. The molecule has 1 rings (SSSR count). The van der Waals surface area contributed by atoms with Crippen molar-refractivity contribution in [2.75, 3.05) is 0 Å². The Balaban J connectivity index is 2.52. The molecule has 1 saturated heterocycles. The summed E-state index contributed by atoms with van der Waals surface area (Å²) in [5.74, 6) is 0.944. The fraction of sp³-hybridized carbons (Fsp3) is 0.900. The van der Waals surface area contributed by atoms with E-state index in [0.717, 1.165) is 12.8 Å². The van der Waals surface area contributed by atoms with Crippen LogP contribution in [-0.2, 0) is 9.53 Å². The second-order valence-electron chi connectivity index (χ2n) is 4.16. The Hall–Kier alpha value is -0.530. The van der Waals surface area contributed by atoms with E-state index in [9.17, 15) is 4.79 Å². The van der Waals surface area contributed by atoms with Crippen molar-refractivity contribution in [3.63, 3.8) is 0 Å². The van der Waals surface area contributed by atoms with Crippen LogP contribution in [0.2, 0.25) is 0 Å². The summed E-state index contributed by atoms with van der Waals surface area (Å²) < 4.78 is 5.30. The highest BCUT2D eigenvalue weighted by molar-refractivity contribution is 5.70. The van der Waals surface area contributed by atoms with Crippen LogP contribution in [0.15, 0.2) is 0 Å². The summed E-state index contributed by atoms with van der Waals surface area (Å²) in [7, 11) is 0. The van der Waals surface area contributed by atoms with E-state index in [1.54, 1.807) is 0 Å². The predicted molar refractivity (Wildman–Crippen MR) is 47.7 cm³/mol. The second kappa shape index (κ2) is 3.92. The van der Waals surface area contributed by atoms with Gasteiger partial charge >= 0.3 is 5.97 Å². The Morgan fingerprint density at radius 1 is 1.42 bits per heavy atom. The zero-order valence-electron chi connectivity index (χ0n) is 8.17. The first-order valence-corrected chi connectivity index (χ1v) is 4.79. The standard InChI is InChI=1S/C10H18O2/c1-7(2)9-5-4-8(3)6-10(11)12-9/h7-9H,4-6H2,1-3H3/t8-,9-/m1/s1. The Morgan fingerprint density at radius 2 is 2.08 bits per heavy atom. The molecule has 0 N–H and O–H groups in total. The molecule has 0 unspecified atom stereocenters. The molecule has 0 aliphatic carbocycles. The van der Waals surface area contributed by atoms with E-state index in [0.29, 0.717) is 18.3 Å². The highest BCUT2D eigenvalue weighted by Gasteiger charge is 2.24. The predicted octanol–water partition coefficient (Wildman–Crippen LogP) is 2.37. The minimum atomic E-state index is -0.0151. The summed E-state index contributed by atoms with van der Waals surface area (Å²) in [5, 5.41) is 0. The Morgan fingerprint density at radius 3 is 2.67 bits per heavy atom. The second-order valence-corrected chi connectivity index (χ2v) is 4.16. The molecule has 1 aliphatic heterocycles. The average Bonchev–Trinajstić information content (AvgIpc) is 2.11. The fourth-order valence-electron chi connectivity index (χ4n) is 1.58. The van der Waals surface area contributed by atoms with Gasteiger partial charge in [-0.3, -0.25) is 4.79 Å². The molecule has 1 aliphatic rings. The first-order valence-electron chi connectivity index (χ1n) is 4.79. The molecule has 0 aromatic heterocycles. The fourth-order valence-corrected chi connectivity index (χ4v) is 1.58. The number of carbonyl (C=O) groups is 1. The van der Waals surface area contributed by atoms with E-state index < -0.39 is 0 Å². The Labute approximate surface area is 74.3 Å². The number of hydrogen-bond acceptors (Lipinski definition) is 2. The normalized spacial score (nSPS) is 31.5. The van der Waals surface area contributed by atoms with Gasteiger partial charge in [0, 0.05) is 6.42 Å². The van der Waals surface area contributed by atoms with Crippen molar-refractivity contribution in [2.45, 2.75) is 46.1 Å². The highest BCUT2D eigenvalue weighted by Crippen LogP contribution is 2.23. The first kappa shape index (κ1) is 9.56. The summed E-state index contributed by atoms with van der Waals surface area (Å²) in [6, 6.07) is 0. The lowest BCUT2D eigenvalue weighted by atomic mass is 9.97. The topological polar surface area (TPSA) is 26.3 Å². The molecular weight excluding hydrogens is 152 g/mol. The van der Waals surface area contributed by atoms with Gasteiger partial charge in [0.25, 0.3) is 0 Å². The van der Waals surface area contributed by atoms with Crippen LogP contribution in [0.1, 0.15) is 40.0 Å². The molecule has 1 fully saturated rings. The van der Waals surface area contributed by atoms with E-state index >= 15 is 0 Å². The number of hydrogen-bond donors (Lipinski definition) is 0. The number of cyclic esters (lactones) is 1. The van der Waals surface area contributed by atoms with Crippen LogP contribution < -0.4 is 0 Å². The molecular formula is C10H18O2. The van der Waals surface area contributed by atoms with Gasteiger partial charge < -0.3 is 4.74 Å². The lowest BCUT2D eigenvalue weighted by Crippen LogP contribution is -2.21. The quantitative estimate of drug-likeness (QED) is 0.565. The van der Waals surface area contributed by atoms with Crippen LogP contribution in [0.4, 0.5) is 0 Å². The summed E-state index contributed by atoms with van der Waals surface area (Å²) in [5.41, 5.74) is 0. The van der Waals surface area contributed by atoms with Gasteiger partial charge in [-0.2, -0.15) is 0 Å². The number of ether oxygens (including phenoxy) is 1. The molecule has 70 valence electrons. The van der Waals surface area contributed by atoms with Crippen LogP contribution in [0.3, 0.4) is 0 Å². The third-order valence-corrected chi connectivity index (χ3v) is 2.49. The molecule has 2 atom stereocenters. The molecule has 0 aromatic rings. The van der Waals surface area contributed by atoms with Crippen LogP contribution in [0.25, 0.3) is 0 Å². The van der Waals surface area contributed by atoms with Crippen LogP contribution in [0, 0.1) is 11.8 Å². The molecule has 1 heterocycles. The minimum absolute atomic E-state index is 0.0151. The maximum Gasteiger partial charge on any atom is 0.306 e. The Bertz CT molecular complexity index is 163. The van der Waals surface area contributed by atoms with E-state index in [4.69, 9.17) is 4.74 Å². The van der Waals surface area contributed by atoms with Crippen molar-refractivity contribution >= 4 is 5.97 Å². The summed E-state index contributed by atoms with van der Waals surface area (Å²) >= 11 is 0. The smallest absolute Gasteiger partial charge is 0.306 e. The summed E-state index contributed by atoms with van der Waals surface area (Å²) in [6.45, 7) is 6.33. The monoisotopic (exact) mass is 170 g/mol. The van der Waals surface area contributed by atoms with Gasteiger partial charge in [0.1, 0.15) is 6.10 Å². The largest absolute Gasteiger partial charge is 0.462 e. The van der Waals surface area contributed by atoms with Gasteiger partial charge in [0.15, 0.2) is 0 Å². The van der Waals surface area contributed by atoms with Gasteiger partial charge in [0.2, 0.25) is 0 Å². The van der Waals surface area contributed by atoms with E-state index in [2.05, 4.69) is 20.8 Å². The molecule has 12 heavy (non-hydrogen) atoms. The molecule has 2 nitrogen and oxygen atoms in total. The highest BCUT2D eigenvalue weighted by atomic mass is 16.5. The molecule has 0 saturated carbocycles. The van der Waals surface area contributed by atoms with Crippen LogP contribution in [-0.4, -0.2) is 12.1 Å². The zero-order valence-corrected chi connectivity index (χ0v) is 8.17. The number of carbonyl (C=O) groups excluding carboxylic acids is 1. The van der Waals surface area contributed by atoms with Crippen molar-refractivity contribution in [2.24, 2.45) is 11.8 Å². The first-order chi connectivity index (χ1) is 5.59. The molecule has 0 bridgehead atoms. The van der Waals surface area contributed by atoms with E-state index in [-0.39, 0.29) is 12.1 Å². The zero-order chi connectivity index (χ0) is 9.14. The van der Waals surface area contributed by atoms with Crippen LogP contribution >= 0.6 is 0 Å². The van der Waals surface area contributed by atoms with Crippen molar-refractivity contribution in [3.8, 4) is 0 Å². The average molecular weight is 170 g/mol. The number of esters is 1. The van der Waals surface area contributed by atoms with Crippen molar-refractivity contribution in [3.05, 3.63) is 0 Å². The molecule has 0 aromatic carbocycles. The number of rotatable bonds is 1. The lowest BCUT2D eigenvalue weighted by molar-refractivity contribution is -0.150. The van der Waals surface area contributed by atoms with Gasteiger partial charge in [0.05, 0.1) is 0 Å². The molecule has 2 heteroatoms. The SMILES string of the molecule is CC(C)[C@H]1CC[C@@H](C)CC(=O)O1. The van der Waals surface area contributed by atoms with Crippen LogP contribution in [0.5, 0.6) is 0 Å². The van der Waals surface area contributed by atoms with Gasteiger partial charge in [-0.15, -0.1) is 0 Å². The summed E-state index contributed by atoms with van der Waals surface area (Å²) in [4.78, 5) is 11.2. The van der Waals surface area contributed by atoms with Gasteiger partial charge in [-0.25, -0.2) is 0 Å². The van der Waals surface area contributed by atoms with Gasteiger partial charge in [-0.1, -0.05) is 20.8 Å². The minimum Gasteiger partial charge on any atom is -0.462 e.